The molecule has 10 aliphatic heterocycles. The highest BCUT2D eigenvalue weighted by atomic mass is 16.8. The summed E-state index contributed by atoms with van der Waals surface area (Å²) >= 11 is 0. The maximum atomic E-state index is 13.3. The lowest BCUT2D eigenvalue weighted by Crippen LogP contribution is -2.71. The second-order valence-corrected chi connectivity index (χ2v) is 32.5. The molecule has 129 heavy (non-hydrogen) atoms. The summed E-state index contributed by atoms with van der Waals surface area (Å²) in [4.78, 5) is 76.8. The van der Waals surface area contributed by atoms with Gasteiger partial charge < -0.3 is 255 Å². The van der Waals surface area contributed by atoms with E-state index in [0.717, 1.165) is 41.5 Å². The molecule has 0 aromatic rings. The third kappa shape index (κ3) is 24.2. The molecule has 10 fully saturated rings. The number of nitrogens with one attached hydrogen (secondary N) is 6. The van der Waals surface area contributed by atoms with Crippen LogP contribution in [0.15, 0.2) is 0 Å². The Bertz CT molecular complexity index is 3570. The van der Waals surface area contributed by atoms with Crippen LogP contribution in [0.3, 0.4) is 0 Å². The summed E-state index contributed by atoms with van der Waals surface area (Å²) in [7, 11) is 0. The fraction of sp³-hybridized carbons (Fsp3) is 0.917. The van der Waals surface area contributed by atoms with Crippen molar-refractivity contribution in [3.8, 4) is 0 Å². The molecule has 0 radical (unpaired) electrons. The zero-order chi connectivity index (χ0) is 95.1. The standard InChI is InChI=1S/C72H120N6O51/c1-17(87)73-33-48(102)56(27(11-83)113-63(33)110)123-67-37(77-21(5)91)49(103)58(29(13-85)118-67)126-70-55(109)60(44(98)32(121-70)16-112-71-61(128-66-36(76-20(4)90)47(101)41(95)25(9-81)116-66)52(106)43(97)31(122-71)15-111-64-34(74-18(2)88)45(99)39(93)23(7-79)114-64)127-72-62(54(108)59(30(14-86)120-72)124-65-35(75-19(3)89)46(100)40(94)24(8-80)115-65)129-68-38(78-22(6)92)50(104)57(28(12-84)119-68)125-69-53(107)51(105)42(96)26(10-82)117-69/h23-72,79-86,93-110H,7-16H2,1-6H3,(H,73,87)(H,74,88)(H,75,89)(H,76,90)(H,77,91)(H,78,92)/t23-,24-,25-,26-,27-,28-,29-,30-,31-,32-,33-,34-,35-,36-,37-,38+,39-,40-,41-,42+,43-,44-,45-,46-,47-,48-,49-,50-,51+,52+,53-,54+,55+,56-,57-,58-,59-,60+,61+,62+,63?,64-,65+,66+,67+,68+,69+,70+,71+,72-/m1/s1. The largest absolute Gasteiger partial charge is 0.394 e. The van der Waals surface area contributed by atoms with Crippen LogP contribution in [0.5, 0.6) is 0 Å². The van der Waals surface area contributed by atoms with E-state index in [1.165, 1.54) is 0 Å². The molecule has 10 aliphatic rings. The van der Waals surface area contributed by atoms with Crippen LogP contribution in [-0.2, 0) is 119 Å². The van der Waals surface area contributed by atoms with Gasteiger partial charge in [0, 0.05) is 41.5 Å². The number of aliphatic hydroxyl groups excluding tert-OH is 26. The number of rotatable bonds is 34. The van der Waals surface area contributed by atoms with Gasteiger partial charge in [0.05, 0.1) is 66.1 Å². The number of hydrogen-bond acceptors (Lipinski definition) is 51. The normalized spacial score (nSPS) is 47.5. The topological polar surface area (TPSA) is 876 Å². The van der Waals surface area contributed by atoms with Crippen molar-refractivity contribution in [1.82, 2.24) is 31.9 Å². The Balaban J connectivity index is 1.07. The Hall–Kier alpha value is -4.98. The van der Waals surface area contributed by atoms with Crippen LogP contribution < -0.4 is 31.9 Å². The van der Waals surface area contributed by atoms with Crippen LogP contribution >= 0.6 is 0 Å². The van der Waals surface area contributed by atoms with E-state index in [0.29, 0.717) is 0 Å². The van der Waals surface area contributed by atoms with Crippen LogP contribution in [0.2, 0.25) is 0 Å². The molecule has 6 amide bonds. The molecule has 32 N–H and O–H groups in total. The van der Waals surface area contributed by atoms with Crippen molar-refractivity contribution in [1.29, 1.82) is 0 Å². The fourth-order valence-corrected chi connectivity index (χ4v) is 16.6. The first kappa shape index (κ1) is 106. The quantitative estimate of drug-likeness (QED) is 0.0284. The Morgan fingerprint density at radius 2 is 0.442 bits per heavy atom. The molecule has 57 heteroatoms. The van der Waals surface area contributed by atoms with Gasteiger partial charge in [-0.15, -0.1) is 0 Å². The maximum absolute atomic E-state index is 13.3. The van der Waals surface area contributed by atoms with E-state index in [9.17, 15) is 162 Å². The Morgan fingerprint density at radius 1 is 0.202 bits per heavy atom. The molecule has 50 atom stereocenters. The summed E-state index contributed by atoms with van der Waals surface area (Å²) in [5.41, 5.74) is 0. The van der Waals surface area contributed by atoms with E-state index in [4.69, 9.17) is 90.0 Å². The maximum Gasteiger partial charge on any atom is 0.217 e. The molecule has 10 heterocycles. The van der Waals surface area contributed by atoms with E-state index in [1.54, 1.807) is 0 Å². The average Bonchev–Trinajstić information content (AvgIpc) is 0.762. The lowest BCUT2D eigenvalue weighted by Gasteiger charge is -2.52. The summed E-state index contributed by atoms with van der Waals surface area (Å²) in [5.74, 6) is -5.52. The van der Waals surface area contributed by atoms with Crippen molar-refractivity contribution >= 4 is 35.4 Å². The van der Waals surface area contributed by atoms with Gasteiger partial charge in [-0.2, -0.15) is 0 Å². The van der Waals surface area contributed by atoms with Crippen LogP contribution in [0.25, 0.3) is 0 Å². The summed E-state index contributed by atoms with van der Waals surface area (Å²) < 4.78 is 115. The Kier molecular flexibility index (Phi) is 38.4. The second kappa shape index (κ2) is 46.7. The molecule has 10 saturated heterocycles. The van der Waals surface area contributed by atoms with Crippen LogP contribution in [0.1, 0.15) is 41.5 Å². The van der Waals surface area contributed by atoms with Gasteiger partial charge in [-0.25, -0.2) is 0 Å². The van der Waals surface area contributed by atoms with E-state index < -0.39 is 408 Å². The van der Waals surface area contributed by atoms with Crippen molar-refractivity contribution in [2.45, 2.75) is 348 Å². The number of aliphatic hydroxyl groups is 26. The van der Waals surface area contributed by atoms with Gasteiger partial charge in [-0.1, -0.05) is 0 Å². The van der Waals surface area contributed by atoms with Gasteiger partial charge in [0.25, 0.3) is 0 Å². The molecular formula is C72H120N6O51. The highest BCUT2D eigenvalue weighted by Gasteiger charge is 2.62. The fourth-order valence-electron chi connectivity index (χ4n) is 16.6. The van der Waals surface area contributed by atoms with Crippen LogP contribution in [-0.4, -0.2) is 541 Å². The molecule has 0 saturated carbocycles. The highest BCUT2D eigenvalue weighted by molar-refractivity contribution is 5.75. The monoisotopic (exact) mass is 1880 g/mol. The second-order valence-electron chi connectivity index (χ2n) is 32.5. The van der Waals surface area contributed by atoms with Crippen molar-refractivity contribution in [2.24, 2.45) is 0 Å². The lowest BCUT2D eigenvalue weighted by molar-refractivity contribution is -0.405. The van der Waals surface area contributed by atoms with Crippen molar-refractivity contribution in [3.63, 3.8) is 0 Å². The van der Waals surface area contributed by atoms with E-state index in [1.807, 2.05) is 0 Å². The average molecular weight is 1890 g/mol. The molecule has 1 unspecified atom stereocenters. The molecule has 10 rings (SSSR count). The minimum Gasteiger partial charge on any atom is -0.394 e. The molecular weight excluding hydrogens is 1760 g/mol. The number of ether oxygens (including phenoxy) is 19. The summed E-state index contributed by atoms with van der Waals surface area (Å²) in [6.45, 7) is -5.69. The Morgan fingerprint density at radius 3 is 0.829 bits per heavy atom. The van der Waals surface area contributed by atoms with Gasteiger partial charge >= 0.3 is 0 Å². The number of amides is 6. The molecule has 0 aromatic heterocycles. The zero-order valence-corrected chi connectivity index (χ0v) is 69.8. The van der Waals surface area contributed by atoms with E-state index in [2.05, 4.69) is 31.9 Å². The molecule has 0 aromatic carbocycles. The van der Waals surface area contributed by atoms with Crippen LogP contribution in [0.4, 0.5) is 0 Å². The van der Waals surface area contributed by atoms with E-state index in [-0.39, 0.29) is 0 Å². The minimum atomic E-state index is -2.73. The summed E-state index contributed by atoms with van der Waals surface area (Å²) in [6, 6.07) is -11.2. The SMILES string of the molecule is CC(=O)N[C@@H]1[C@H](O[C@@H]2[C@@H](O[C@@H]3[C@H](O)[C@H](O[C@H]4[C@H](O)[C@@H](NC(C)=O)[C@H](O[C@H]5[C@H](O)[C@@H](NC(C)=O)C(O)O[C@@H]5CO)O[C@@H]4CO)O[C@H](CO[C@H]4O[C@H](CO[C@@H]5O[C@H](CO)[C@@H](O)[C@H](O)[C@H]5NC(C)=O)[C@@H](O)[C@H](O)[C@@H]4O[C@@H]4O[C@H](CO)[C@@H](O)[C@H](O)[C@H]4NC(C)=O)[C@H]3O)O[C@H](CO)[C@@H](O[C@@H]3O[C@H](CO)[C@@H](O)[C@H](O)[C@H]3NC(C)=O)[C@@H]2O)O[C@H](CO)[C@@H](O[C@@H]2O[C@H](CO)[C@H](O)[C@H](O)[C@H]2O)[C@@H]1O. The van der Waals surface area contributed by atoms with Gasteiger partial charge in [0.15, 0.2) is 62.9 Å². The predicted octanol–water partition coefficient (Wildman–Crippen LogP) is -21.9. The van der Waals surface area contributed by atoms with Gasteiger partial charge in [-0.3, -0.25) is 28.8 Å². The smallest absolute Gasteiger partial charge is 0.217 e. The van der Waals surface area contributed by atoms with Gasteiger partial charge in [0.2, 0.25) is 35.4 Å². The third-order valence-corrected chi connectivity index (χ3v) is 23.3. The molecule has 0 aliphatic carbocycles. The first-order valence-corrected chi connectivity index (χ1v) is 41.1. The predicted molar refractivity (Wildman–Crippen MR) is 399 cm³/mol. The van der Waals surface area contributed by atoms with Crippen molar-refractivity contribution < 1.29 is 252 Å². The summed E-state index contributed by atoms with van der Waals surface area (Å²) in [5, 5.41) is 309. The van der Waals surface area contributed by atoms with Crippen molar-refractivity contribution in [2.75, 3.05) is 66.1 Å². The molecule has 0 spiro atoms. The van der Waals surface area contributed by atoms with Gasteiger partial charge in [-0.05, 0) is 0 Å². The molecule has 57 nitrogen and oxygen atoms in total. The number of carbonyl (C=O) groups excluding carboxylic acids is 6. The third-order valence-electron chi connectivity index (χ3n) is 23.3. The van der Waals surface area contributed by atoms with Crippen LogP contribution in [0, 0.1) is 0 Å². The zero-order valence-electron chi connectivity index (χ0n) is 69.8. The number of hydrogen-bond donors (Lipinski definition) is 32. The van der Waals surface area contributed by atoms with Gasteiger partial charge in [0.1, 0.15) is 244 Å². The first-order valence-electron chi connectivity index (χ1n) is 41.1. The Labute approximate surface area is 731 Å². The minimum absolute atomic E-state index is 0.820. The number of carbonyl (C=O) groups is 6. The molecule has 744 valence electrons. The summed E-state index contributed by atoms with van der Waals surface area (Å²) in [6.07, 6.45) is -94.8. The molecule has 0 bridgehead atoms. The van der Waals surface area contributed by atoms with E-state index >= 15 is 0 Å². The van der Waals surface area contributed by atoms with Crippen molar-refractivity contribution in [3.05, 3.63) is 0 Å². The highest BCUT2D eigenvalue weighted by Crippen LogP contribution is 2.41. The first-order chi connectivity index (χ1) is 61.0. The lowest BCUT2D eigenvalue weighted by atomic mass is 9.93.